The summed E-state index contributed by atoms with van der Waals surface area (Å²) in [7, 11) is 0. The molecule has 2 fully saturated rings. The summed E-state index contributed by atoms with van der Waals surface area (Å²) < 4.78 is 5.72. The summed E-state index contributed by atoms with van der Waals surface area (Å²) in [5.74, 6) is 0.611. The van der Waals surface area contributed by atoms with Crippen LogP contribution in [-0.2, 0) is 4.74 Å². The average Bonchev–Trinajstić information content (AvgIpc) is 2.63. The van der Waals surface area contributed by atoms with Crippen LogP contribution in [-0.4, -0.2) is 40.7 Å². The fourth-order valence-electron chi connectivity index (χ4n) is 4.55. The lowest BCUT2D eigenvalue weighted by Crippen LogP contribution is -2.33. The summed E-state index contributed by atoms with van der Waals surface area (Å²) in [5, 5.41) is 6.91. The number of hydrogen-bond donors (Lipinski definition) is 3. The summed E-state index contributed by atoms with van der Waals surface area (Å²) in [4.78, 5) is 20.8. The van der Waals surface area contributed by atoms with Crippen LogP contribution in [0.4, 0.5) is 11.8 Å². The van der Waals surface area contributed by atoms with Crippen LogP contribution in [0.25, 0.3) is 0 Å². The molecule has 4 N–H and O–H groups in total. The number of anilines is 2. The van der Waals surface area contributed by atoms with E-state index in [-0.39, 0.29) is 0 Å². The smallest absolute Gasteiger partial charge is 0.254 e. The largest absolute Gasteiger partial charge is 0.379 e. The van der Waals surface area contributed by atoms with Gasteiger partial charge in [0.15, 0.2) is 0 Å². The first-order valence-corrected chi connectivity index (χ1v) is 10.7. The molecule has 2 aliphatic carbocycles. The second-order valence-corrected chi connectivity index (χ2v) is 9.00. The summed E-state index contributed by atoms with van der Waals surface area (Å²) in [6, 6.07) is 0.629. The highest BCUT2D eigenvalue weighted by Crippen LogP contribution is 2.36. The van der Waals surface area contributed by atoms with E-state index in [0.717, 1.165) is 45.1 Å². The van der Waals surface area contributed by atoms with E-state index < -0.39 is 5.91 Å². The second kappa shape index (κ2) is 9.07. The average molecular weight is 390 g/mol. The first-order valence-electron chi connectivity index (χ1n) is 10.7. The Morgan fingerprint density at radius 1 is 1.21 bits per heavy atom. The maximum absolute atomic E-state index is 11.9. The minimum Gasteiger partial charge on any atom is -0.379 e. The Labute approximate surface area is 168 Å². The van der Waals surface area contributed by atoms with Crippen molar-refractivity contribution in [3.8, 4) is 0 Å². The summed E-state index contributed by atoms with van der Waals surface area (Å²) >= 11 is 0. The number of nitrogens with one attached hydrogen (secondary N) is 2. The molecule has 1 atom stereocenters. The maximum Gasteiger partial charge on any atom is 0.254 e. The standard InChI is InChI=1S/C21H35N5O2/c1-4-28-16-9-7-14(8-10-16)25-20-23-13-17(18(22)27)19(26-20)24-15-6-5-11-21(2,3)12-15/h13-16H,4-12H2,1-3H3,(H2,22,27)(H2,23,24,25,26)/t14-,15-,16-/m1/s1. The van der Waals surface area contributed by atoms with E-state index in [4.69, 9.17) is 10.5 Å². The molecular weight excluding hydrogens is 354 g/mol. The molecule has 2 aliphatic rings. The van der Waals surface area contributed by atoms with Gasteiger partial charge >= 0.3 is 0 Å². The fourth-order valence-corrected chi connectivity index (χ4v) is 4.55. The molecule has 0 spiro atoms. The molecule has 0 radical (unpaired) electrons. The zero-order valence-electron chi connectivity index (χ0n) is 17.5. The lowest BCUT2D eigenvalue weighted by Gasteiger charge is -2.36. The number of nitrogens with two attached hydrogens (primary N) is 1. The number of amides is 1. The van der Waals surface area contributed by atoms with Crippen LogP contribution in [0, 0.1) is 5.41 Å². The van der Waals surface area contributed by atoms with Gasteiger partial charge in [0.2, 0.25) is 5.95 Å². The molecule has 1 aromatic rings. The van der Waals surface area contributed by atoms with Gasteiger partial charge in [0.1, 0.15) is 5.82 Å². The van der Waals surface area contributed by atoms with E-state index in [0.29, 0.717) is 40.9 Å². The van der Waals surface area contributed by atoms with Gasteiger partial charge in [-0.15, -0.1) is 0 Å². The Morgan fingerprint density at radius 3 is 2.61 bits per heavy atom. The Hall–Kier alpha value is -1.89. The van der Waals surface area contributed by atoms with E-state index in [2.05, 4.69) is 34.4 Å². The number of rotatable bonds is 7. The highest BCUT2D eigenvalue weighted by Gasteiger charge is 2.29. The molecule has 0 saturated heterocycles. The van der Waals surface area contributed by atoms with Crippen molar-refractivity contribution in [2.24, 2.45) is 11.1 Å². The van der Waals surface area contributed by atoms with Gasteiger partial charge in [-0.3, -0.25) is 4.79 Å². The molecular formula is C21H35N5O2. The Kier molecular flexibility index (Phi) is 6.75. The summed E-state index contributed by atoms with van der Waals surface area (Å²) in [5.41, 5.74) is 6.22. The molecule has 156 valence electrons. The van der Waals surface area contributed by atoms with Crippen molar-refractivity contribution in [3.63, 3.8) is 0 Å². The zero-order chi connectivity index (χ0) is 20.1. The molecule has 1 amide bonds. The van der Waals surface area contributed by atoms with Crippen LogP contribution in [0.5, 0.6) is 0 Å². The monoisotopic (exact) mass is 389 g/mol. The van der Waals surface area contributed by atoms with Gasteiger partial charge in [0.25, 0.3) is 5.91 Å². The van der Waals surface area contributed by atoms with Crippen LogP contribution < -0.4 is 16.4 Å². The topological polar surface area (TPSA) is 102 Å². The van der Waals surface area contributed by atoms with Crippen LogP contribution >= 0.6 is 0 Å². The van der Waals surface area contributed by atoms with Gasteiger partial charge in [-0.05, 0) is 57.3 Å². The first kappa shape index (κ1) is 20.8. The van der Waals surface area contributed by atoms with Gasteiger partial charge in [0, 0.05) is 24.9 Å². The normalized spacial score (nSPS) is 27.2. The number of carbonyl (C=O) groups is 1. The summed E-state index contributed by atoms with van der Waals surface area (Å²) in [6.07, 6.45) is 10.6. The van der Waals surface area contributed by atoms with E-state index in [1.807, 2.05) is 6.92 Å². The SMILES string of the molecule is CCO[C@H]1CC[C@H](Nc2ncc(C(N)=O)c(N[C@@H]3CCCC(C)(C)C3)n2)CC1. The maximum atomic E-state index is 11.9. The van der Waals surface area contributed by atoms with Crippen molar-refractivity contribution in [2.75, 3.05) is 17.2 Å². The third-order valence-electron chi connectivity index (χ3n) is 6.01. The van der Waals surface area contributed by atoms with E-state index in [1.54, 1.807) is 6.20 Å². The molecule has 3 rings (SSSR count). The number of nitrogens with zero attached hydrogens (tertiary/aromatic N) is 2. The lowest BCUT2D eigenvalue weighted by molar-refractivity contribution is 0.0346. The van der Waals surface area contributed by atoms with Crippen LogP contribution in [0.3, 0.4) is 0 Å². The molecule has 0 bridgehead atoms. The Bertz CT molecular complexity index is 671. The van der Waals surface area contributed by atoms with Gasteiger partial charge in [0.05, 0.1) is 11.7 Å². The molecule has 28 heavy (non-hydrogen) atoms. The fraction of sp³-hybridized carbons (Fsp3) is 0.762. The van der Waals surface area contributed by atoms with Crippen LogP contribution in [0.2, 0.25) is 0 Å². The number of hydrogen-bond acceptors (Lipinski definition) is 6. The Morgan fingerprint density at radius 2 is 1.96 bits per heavy atom. The quantitative estimate of drug-likeness (QED) is 0.657. The molecule has 2 saturated carbocycles. The van der Waals surface area contributed by atoms with Crippen molar-refractivity contribution >= 4 is 17.7 Å². The Balaban J connectivity index is 1.67. The molecule has 0 unspecified atom stereocenters. The molecule has 0 aliphatic heterocycles. The van der Waals surface area contributed by atoms with E-state index in [9.17, 15) is 4.79 Å². The second-order valence-electron chi connectivity index (χ2n) is 9.00. The predicted octanol–water partition coefficient (Wildman–Crippen LogP) is 3.72. The molecule has 7 heteroatoms. The number of primary amides is 1. The van der Waals surface area contributed by atoms with Crippen LogP contribution in [0.15, 0.2) is 6.20 Å². The van der Waals surface area contributed by atoms with Crippen molar-refractivity contribution in [2.45, 2.75) is 90.3 Å². The van der Waals surface area contributed by atoms with Gasteiger partial charge in [-0.1, -0.05) is 20.3 Å². The van der Waals surface area contributed by atoms with Crippen molar-refractivity contribution in [3.05, 3.63) is 11.8 Å². The highest BCUT2D eigenvalue weighted by atomic mass is 16.5. The number of carbonyl (C=O) groups excluding carboxylic acids is 1. The molecule has 7 nitrogen and oxygen atoms in total. The summed E-state index contributed by atoms with van der Waals surface area (Å²) in [6.45, 7) is 7.40. The van der Waals surface area contributed by atoms with E-state index >= 15 is 0 Å². The van der Waals surface area contributed by atoms with Crippen molar-refractivity contribution in [1.29, 1.82) is 0 Å². The number of ether oxygens (including phenoxy) is 1. The third-order valence-corrected chi connectivity index (χ3v) is 6.01. The minimum absolute atomic E-state index is 0.297. The third kappa shape index (κ3) is 5.56. The zero-order valence-corrected chi connectivity index (χ0v) is 17.5. The first-order chi connectivity index (χ1) is 13.4. The van der Waals surface area contributed by atoms with E-state index in [1.165, 1.54) is 12.8 Å². The van der Waals surface area contributed by atoms with Crippen molar-refractivity contribution in [1.82, 2.24) is 9.97 Å². The molecule has 1 heterocycles. The minimum atomic E-state index is -0.499. The predicted molar refractivity (Wildman–Crippen MR) is 112 cm³/mol. The lowest BCUT2D eigenvalue weighted by atomic mass is 9.75. The van der Waals surface area contributed by atoms with Gasteiger partial charge in [-0.2, -0.15) is 4.98 Å². The van der Waals surface area contributed by atoms with Gasteiger partial charge in [-0.25, -0.2) is 4.98 Å². The molecule has 1 aromatic heterocycles. The molecule has 0 aromatic carbocycles. The van der Waals surface area contributed by atoms with Crippen molar-refractivity contribution < 1.29 is 9.53 Å². The van der Waals surface area contributed by atoms with Gasteiger partial charge < -0.3 is 21.1 Å². The van der Waals surface area contributed by atoms with Crippen LogP contribution in [0.1, 0.15) is 82.5 Å². The number of aromatic nitrogens is 2. The highest BCUT2D eigenvalue weighted by molar-refractivity contribution is 5.97.